The van der Waals surface area contributed by atoms with Crippen LogP contribution in [0.4, 0.5) is 13.2 Å². The Balaban J connectivity index is 1.68. The van der Waals surface area contributed by atoms with Crippen molar-refractivity contribution in [3.05, 3.63) is 70.2 Å². The molecule has 1 atom stereocenters. The Bertz CT molecular complexity index is 925. The van der Waals surface area contributed by atoms with Crippen molar-refractivity contribution in [1.29, 1.82) is 0 Å². The number of hydrogen-bond donors (Lipinski definition) is 0. The van der Waals surface area contributed by atoms with Crippen LogP contribution in [0.1, 0.15) is 43.4 Å². The Morgan fingerprint density at radius 1 is 1.16 bits per heavy atom. The molecule has 1 unspecified atom stereocenters. The molecule has 0 aliphatic carbocycles. The third kappa shape index (κ3) is 6.47. The zero-order valence-corrected chi connectivity index (χ0v) is 18.1. The summed E-state index contributed by atoms with van der Waals surface area (Å²) < 4.78 is 38.5. The predicted octanol–water partition coefficient (Wildman–Crippen LogP) is 5.93. The Labute approximate surface area is 184 Å². The number of alkyl halides is 3. The molecular weight excluding hydrogens is 429 g/mol. The van der Waals surface area contributed by atoms with E-state index in [0.717, 1.165) is 23.4 Å². The smallest absolute Gasteiger partial charge is 0.390 e. The van der Waals surface area contributed by atoms with Gasteiger partial charge in [0.15, 0.2) is 6.10 Å². The van der Waals surface area contributed by atoms with Crippen molar-refractivity contribution >= 4 is 23.2 Å². The first-order chi connectivity index (χ1) is 14.6. The normalized spacial score (nSPS) is 16.2. The van der Waals surface area contributed by atoms with Gasteiger partial charge in [0.25, 0.3) is 0 Å². The van der Waals surface area contributed by atoms with Gasteiger partial charge < -0.3 is 9.74 Å². The third-order valence-electron chi connectivity index (χ3n) is 4.92. The molecule has 0 saturated carbocycles. The maximum atomic E-state index is 12.8. The number of carbonyl (C=O) groups excluding carboxylic acids is 1. The van der Waals surface area contributed by atoms with Crippen LogP contribution in [0.5, 0.6) is 0 Å². The zero-order valence-electron chi connectivity index (χ0n) is 17.3. The van der Waals surface area contributed by atoms with E-state index in [1.807, 2.05) is 26.0 Å². The Morgan fingerprint density at radius 2 is 1.81 bits per heavy atom. The molecule has 8 heteroatoms. The lowest BCUT2D eigenvalue weighted by molar-refractivity contribution is -0.138. The van der Waals surface area contributed by atoms with Crippen LogP contribution in [0.25, 0.3) is 0 Å². The van der Waals surface area contributed by atoms with Gasteiger partial charge in [-0.05, 0) is 41.3 Å². The van der Waals surface area contributed by atoms with Gasteiger partial charge in [0, 0.05) is 24.4 Å². The van der Waals surface area contributed by atoms with Crippen molar-refractivity contribution in [3.8, 4) is 0 Å². The lowest BCUT2D eigenvalue weighted by Gasteiger charge is -2.26. The minimum Gasteiger partial charge on any atom is -0.390 e. The summed E-state index contributed by atoms with van der Waals surface area (Å²) in [7, 11) is 0. The molecule has 1 aliphatic heterocycles. The van der Waals surface area contributed by atoms with Crippen LogP contribution < -0.4 is 0 Å². The highest BCUT2D eigenvalue weighted by molar-refractivity contribution is 6.30. The monoisotopic (exact) mass is 452 g/mol. The number of carbonyl (C=O) groups is 1. The van der Waals surface area contributed by atoms with E-state index in [2.05, 4.69) is 5.16 Å². The maximum absolute atomic E-state index is 12.8. The summed E-state index contributed by atoms with van der Waals surface area (Å²) in [6.45, 7) is 4.40. The van der Waals surface area contributed by atoms with Gasteiger partial charge in [0.05, 0.1) is 17.8 Å². The van der Waals surface area contributed by atoms with E-state index >= 15 is 0 Å². The van der Waals surface area contributed by atoms with E-state index in [0.29, 0.717) is 30.0 Å². The molecule has 31 heavy (non-hydrogen) atoms. The molecule has 0 spiro atoms. The minimum absolute atomic E-state index is 0.0709. The number of oxime groups is 1. The van der Waals surface area contributed by atoms with Crippen molar-refractivity contribution in [2.45, 2.75) is 45.5 Å². The summed E-state index contributed by atoms with van der Waals surface area (Å²) in [6, 6.07) is 12.1. The molecule has 166 valence electrons. The molecule has 0 aromatic heterocycles. The molecule has 0 fully saturated rings. The average Bonchev–Trinajstić information content (AvgIpc) is 3.16. The topological polar surface area (TPSA) is 41.9 Å². The average molecular weight is 453 g/mol. The summed E-state index contributed by atoms with van der Waals surface area (Å²) in [5, 5.41) is 4.77. The Morgan fingerprint density at radius 3 is 2.39 bits per heavy atom. The Kier molecular flexibility index (Phi) is 7.26. The zero-order chi connectivity index (χ0) is 22.6. The quantitative estimate of drug-likeness (QED) is 0.522. The van der Waals surface area contributed by atoms with E-state index in [4.69, 9.17) is 16.4 Å². The summed E-state index contributed by atoms with van der Waals surface area (Å²) in [5.74, 6) is 0.0893. The molecule has 1 heterocycles. The van der Waals surface area contributed by atoms with Crippen molar-refractivity contribution in [2.75, 3.05) is 6.54 Å². The van der Waals surface area contributed by atoms with E-state index in [9.17, 15) is 18.0 Å². The first kappa shape index (κ1) is 23.1. The molecule has 0 N–H and O–H groups in total. The lowest BCUT2D eigenvalue weighted by atomic mass is 10.0. The SMILES string of the molecule is CC(C)CC(=O)N(Cc1ccc(C(F)(F)F)cc1)CC1CC(c2ccc(Cl)cc2)=NO1. The number of benzene rings is 2. The molecular formula is C23H24ClF3N2O2. The standard InChI is InChI=1S/C23H24ClF3N2O2/c1-15(2)11-22(30)29(13-16-3-7-18(8-4-16)23(25,26)27)14-20-12-21(28-31-20)17-5-9-19(24)10-6-17/h3-10,15,20H,11-14H2,1-2H3. The summed E-state index contributed by atoms with van der Waals surface area (Å²) in [6.07, 6.45) is -3.84. The van der Waals surface area contributed by atoms with Gasteiger partial charge in [0.2, 0.25) is 5.91 Å². The fourth-order valence-corrected chi connectivity index (χ4v) is 3.46. The lowest BCUT2D eigenvalue weighted by Crippen LogP contribution is -2.37. The molecule has 2 aromatic carbocycles. The summed E-state index contributed by atoms with van der Waals surface area (Å²) >= 11 is 5.93. The van der Waals surface area contributed by atoms with Gasteiger partial charge in [-0.3, -0.25) is 4.79 Å². The first-order valence-electron chi connectivity index (χ1n) is 10.0. The molecule has 0 bridgehead atoms. The molecule has 0 radical (unpaired) electrons. The summed E-state index contributed by atoms with van der Waals surface area (Å²) in [5.41, 5.74) is 1.58. The van der Waals surface area contributed by atoms with Gasteiger partial charge in [-0.25, -0.2) is 0 Å². The van der Waals surface area contributed by atoms with Gasteiger partial charge in [-0.1, -0.05) is 54.9 Å². The molecule has 4 nitrogen and oxygen atoms in total. The van der Waals surface area contributed by atoms with Crippen LogP contribution in [-0.2, 0) is 22.4 Å². The number of amides is 1. The van der Waals surface area contributed by atoms with Gasteiger partial charge >= 0.3 is 6.18 Å². The van der Waals surface area contributed by atoms with E-state index in [1.54, 1.807) is 17.0 Å². The van der Waals surface area contributed by atoms with Crippen molar-refractivity contribution in [3.63, 3.8) is 0 Å². The van der Waals surface area contributed by atoms with Gasteiger partial charge in [0.1, 0.15) is 0 Å². The van der Waals surface area contributed by atoms with Crippen LogP contribution in [0.3, 0.4) is 0 Å². The highest BCUT2D eigenvalue weighted by Crippen LogP contribution is 2.29. The van der Waals surface area contributed by atoms with Gasteiger partial charge in [-0.15, -0.1) is 0 Å². The van der Waals surface area contributed by atoms with Crippen LogP contribution in [0.15, 0.2) is 53.7 Å². The second-order valence-corrected chi connectivity index (χ2v) is 8.48. The molecule has 1 amide bonds. The number of nitrogens with zero attached hydrogens (tertiary/aromatic N) is 2. The number of hydrogen-bond acceptors (Lipinski definition) is 3. The summed E-state index contributed by atoms with van der Waals surface area (Å²) in [4.78, 5) is 20.0. The number of halogens is 4. The first-order valence-corrected chi connectivity index (χ1v) is 10.4. The van der Waals surface area contributed by atoms with E-state index in [1.165, 1.54) is 12.1 Å². The second kappa shape index (κ2) is 9.73. The fraction of sp³-hybridized carbons (Fsp3) is 0.391. The molecule has 1 aliphatic rings. The van der Waals surface area contributed by atoms with Gasteiger partial charge in [-0.2, -0.15) is 13.2 Å². The highest BCUT2D eigenvalue weighted by Gasteiger charge is 2.30. The predicted molar refractivity (Wildman–Crippen MR) is 114 cm³/mol. The van der Waals surface area contributed by atoms with Crippen LogP contribution in [-0.4, -0.2) is 29.2 Å². The molecule has 3 rings (SSSR count). The van der Waals surface area contributed by atoms with E-state index < -0.39 is 11.7 Å². The van der Waals surface area contributed by atoms with Crippen LogP contribution in [0.2, 0.25) is 5.02 Å². The van der Waals surface area contributed by atoms with Crippen molar-refractivity contribution in [1.82, 2.24) is 4.90 Å². The molecule has 0 saturated heterocycles. The van der Waals surface area contributed by atoms with E-state index in [-0.39, 0.29) is 24.5 Å². The van der Waals surface area contributed by atoms with Crippen molar-refractivity contribution < 1.29 is 22.8 Å². The number of rotatable bonds is 7. The highest BCUT2D eigenvalue weighted by atomic mass is 35.5. The maximum Gasteiger partial charge on any atom is 0.416 e. The molecule has 2 aromatic rings. The Hall–Kier alpha value is -2.54. The van der Waals surface area contributed by atoms with Crippen LogP contribution >= 0.6 is 11.6 Å². The van der Waals surface area contributed by atoms with Crippen LogP contribution in [0, 0.1) is 5.92 Å². The minimum atomic E-state index is -4.39. The fourth-order valence-electron chi connectivity index (χ4n) is 3.34. The third-order valence-corrected chi connectivity index (χ3v) is 5.18. The van der Waals surface area contributed by atoms with Crippen molar-refractivity contribution in [2.24, 2.45) is 11.1 Å². The second-order valence-electron chi connectivity index (χ2n) is 8.04. The largest absolute Gasteiger partial charge is 0.416 e.